The molecular formula is C22H36IN3O2. The van der Waals surface area contributed by atoms with Crippen molar-refractivity contribution in [2.24, 2.45) is 10.9 Å². The van der Waals surface area contributed by atoms with Crippen molar-refractivity contribution in [3.63, 3.8) is 0 Å². The van der Waals surface area contributed by atoms with Crippen LogP contribution in [-0.2, 0) is 11.3 Å². The van der Waals surface area contributed by atoms with Crippen molar-refractivity contribution in [2.45, 2.75) is 58.1 Å². The van der Waals surface area contributed by atoms with Gasteiger partial charge in [-0.1, -0.05) is 18.6 Å². The van der Waals surface area contributed by atoms with Gasteiger partial charge in [0.2, 0.25) is 0 Å². The maximum atomic E-state index is 6.12. The Kier molecular flexibility index (Phi) is 10.4. The smallest absolute Gasteiger partial charge is 0.194 e. The molecule has 1 atom stereocenters. The number of rotatable bonds is 7. The fourth-order valence-corrected chi connectivity index (χ4v) is 4.04. The molecule has 1 aromatic rings. The van der Waals surface area contributed by atoms with Gasteiger partial charge in [-0.3, -0.25) is 0 Å². The van der Waals surface area contributed by atoms with Crippen molar-refractivity contribution in [3.05, 3.63) is 29.8 Å². The first-order chi connectivity index (χ1) is 13.3. The van der Waals surface area contributed by atoms with Crippen molar-refractivity contribution in [3.8, 4) is 5.75 Å². The van der Waals surface area contributed by atoms with Gasteiger partial charge >= 0.3 is 0 Å². The Balaban J connectivity index is 0.00000280. The van der Waals surface area contributed by atoms with Gasteiger partial charge in [-0.05, 0) is 56.7 Å². The Labute approximate surface area is 187 Å². The zero-order chi connectivity index (χ0) is 18.9. The molecule has 0 spiro atoms. The summed E-state index contributed by atoms with van der Waals surface area (Å²) in [5, 5.41) is 3.43. The number of ether oxygens (including phenoxy) is 2. The molecule has 0 amide bonds. The van der Waals surface area contributed by atoms with Crippen LogP contribution >= 0.6 is 24.0 Å². The lowest BCUT2D eigenvalue weighted by molar-refractivity contribution is 0.155. The lowest BCUT2D eigenvalue weighted by Crippen LogP contribution is -2.40. The molecule has 2 fully saturated rings. The summed E-state index contributed by atoms with van der Waals surface area (Å²) >= 11 is 0. The van der Waals surface area contributed by atoms with E-state index in [1.54, 1.807) is 7.11 Å². The first-order valence-corrected chi connectivity index (χ1v) is 10.6. The highest BCUT2D eigenvalue weighted by Gasteiger charge is 2.24. The van der Waals surface area contributed by atoms with Crippen molar-refractivity contribution in [2.75, 3.05) is 33.4 Å². The average Bonchev–Trinajstić information content (AvgIpc) is 3.16. The summed E-state index contributed by atoms with van der Waals surface area (Å²) in [5.41, 5.74) is 1.22. The molecule has 0 aromatic heterocycles. The minimum atomic E-state index is 0. The molecule has 2 aliphatic rings. The van der Waals surface area contributed by atoms with E-state index in [4.69, 9.17) is 14.5 Å². The number of nitrogens with zero attached hydrogens (tertiary/aromatic N) is 2. The van der Waals surface area contributed by atoms with Gasteiger partial charge in [0.1, 0.15) is 5.75 Å². The van der Waals surface area contributed by atoms with Gasteiger partial charge in [0, 0.05) is 32.7 Å². The van der Waals surface area contributed by atoms with Crippen LogP contribution in [0.3, 0.4) is 0 Å². The molecule has 6 heteroatoms. The zero-order valence-electron chi connectivity index (χ0n) is 17.4. The number of halogens is 1. The van der Waals surface area contributed by atoms with Crippen molar-refractivity contribution in [1.82, 2.24) is 10.2 Å². The van der Waals surface area contributed by atoms with Crippen LogP contribution in [0.2, 0.25) is 0 Å². The van der Waals surface area contributed by atoms with Crippen LogP contribution in [0.5, 0.6) is 5.75 Å². The summed E-state index contributed by atoms with van der Waals surface area (Å²) in [4.78, 5) is 7.21. The molecule has 1 heterocycles. The fourth-order valence-electron chi connectivity index (χ4n) is 4.04. The predicted molar refractivity (Wildman–Crippen MR) is 126 cm³/mol. The van der Waals surface area contributed by atoms with E-state index in [2.05, 4.69) is 41.4 Å². The molecular weight excluding hydrogens is 465 g/mol. The number of nitrogens with one attached hydrogen (secondary N) is 1. The normalized spacial score (nSPS) is 20.7. The van der Waals surface area contributed by atoms with Gasteiger partial charge in [0.15, 0.2) is 5.96 Å². The van der Waals surface area contributed by atoms with Crippen molar-refractivity contribution >= 4 is 29.9 Å². The molecule has 1 saturated carbocycles. The van der Waals surface area contributed by atoms with Crippen LogP contribution < -0.4 is 10.1 Å². The second-order valence-corrected chi connectivity index (χ2v) is 7.75. The summed E-state index contributed by atoms with van der Waals surface area (Å²) in [5.74, 6) is 2.61. The van der Waals surface area contributed by atoms with Crippen molar-refractivity contribution < 1.29 is 9.47 Å². The number of guanidine groups is 1. The zero-order valence-corrected chi connectivity index (χ0v) is 19.7. The van der Waals surface area contributed by atoms with Gasteiger partial charge in [-0.25, -0.2) is 4.99 Å². The second kappa shape index (κ2) is 12.5. The van der Waals surface area contributed by atoms with Gasteiger partial charge in [-0.2, -0.15) is 0 Å². The van der Waals surface area contributed by atoms with Crippen LogP contribution in [0, 0.1) is 5.92 Å². The van der Waals surface area contributed by atoms with E-state index in [0.717, 1.165) is 38.0 Å². The van der Waals surface area contributed by atoms with E-state index < -0.39 is 0 Å². The Morgan fingerprint density at radius 3 is 2.57 bits per heavy atom. The molecule has 0 bridgehead atoms. The predicted octanol–water partition coefficient (Wildman–Crippen LogP) is 4.45. The SMILES string of the molecule is CCNC(=NCc1ccc(OC2CCCCC2)cc1)N1CCC(COC)C1.I. The maximum Gasteiger partial charge on any atom is 0.194 e. The lowest BCUT2D eigenvalue weighted by Gasteiger charge is -2.23. The highest BCUT2D eigenvalue weighted by atomic mass is 127. The Bertz CT molecular complexity index is 588. The molecule has 158 valence electrons. The number of hydrogen-bond acceptors (Lipinski definition) is 3. The van der Waals surface area contributed by atoms with Gasteiger partial charge in [-0.15, -0.1) is 24.0 Å². The van der Waals surface area contributed by atoms with E-state index in [1.165, 1.54) is 44.1 Å². The Morgan fingerprint density at radius 2 is 1.89 bits per heavy atom. The highest BCUT2D eigenvalue weighted by molar-refractivity contribution is 14.0. The quantitative estimate of drug-likeness (QED) is 0.341. The van der Waals surface area contributed by atoms with Crippen LogP contribution in [0.25, 0.3) is 0 Å². The van der Waals surface area contributed by atoms with Crippen LogP contribution in [-0.4, -0.2) is 50.3 Å². The molecule has 1 saturated heterocycles. The van der Waals surface area contributed by atoms with Gasteiger partial charge in [0.05, 0.1) is 19.3 Å². The number of hydrogen-bond donors (Lipinski definition) is 1. The Morgan fingerprint density at radius 1 is 1.14 bits per heavy atom. The van der Waals surface area contributed by atoms with Crippen molar-refractivity contribution in [1.29, 1.82) is 0 Å². The molecule has 0 radical (unpaired) electrons. The topological polar surface area (TPSA) is 46.1 Å². The molecule has 1 aliphatic carbocycles. The summed E-state index contributed by atoms with van der Waals surface area (Å²) in [6, 6.07) is 8.47. The van der Waals surface area contributed by atoms with E-state index in [-0.39, 0.29) is 24.0 Å². The summed E-state index contributed by atoms with van der Waals surface area (Å²) in [6.45, 7) is 6.60. The fraction of sp³-hybridized carbons (Fsp3) is 0.682. The molecule has 3 rings (SSSR count). The average molecular weight is 501 g/mol. The molecule has 1 unspecified atom stereocenters. The second-order valence-electron chi connectivity index (χ2n) is 7.75. The molecule has 1 aliphatic heterocycles. The highest BCUT2D eigenvalue weighted by Crippen LogP contribution is 2.24. The van der Waals surface area contributed by atoms with Crippen LogP contribution in [0.4, 0.5) is 0 Å². The molecule has 28 heavy (non-hydrogen) atoms. The van der Waals surface area contributed by atoms with Gasteiger partial charge in [0.25, 0.3) is 0 Å². The first kappa shape index (κ1) is 23.3. The van der Waals surface area contributed by atoms with Crippen LogP contribution in [0.15, 0.2) is 29.3 Å². The van der Waals surface area contributed by atoms with E-state index in [1.807, 2.05) is 0 Å². The van der Waals surface area contributed by atoms with Crippen LogP contribution in [0.1, 0.15) is 51.0 Å². The molecule has 1 aromatic carbocycles. The van der Waals surface area contributed by atoms with E-state index in [0.29, 0.717) is 18.6 Å². The van der Waals surface area contributed by atoms with E-state index in [9.17, 15) is 0 Å². The summed E-state index contributed by atoms with van der Waals surface area (Å²) < 4.78 is 11.4. The van der Waals surface area contributed by atoms with E-state index >= 15 is 0 Å². The molecule has 1 N–H and O–H groups in total. The number of aliphatic imine (C=N–C) groups is 1. The molecule has 5 nitrogen and oxygen atoms in total. The maximum absolute atomic E-state index is 6.12. The monoisotopic (exact) mass is 501 g/mol. The largest absolute Gasteiger partial charge is 0.490 e. The summed E-state index contributed by atoms with van der Waals surface area (Å²) in [7, 11) is 1.78. The third kappa shape index (κ3) is 7.10. The number of benzene rings is 1. The number of methoxy groups -OCH3 is 1. The minimum absolute atomic E-state index is 0. The Hall–Kier alpha value is -1.02. The first-order valence-electron chi connectivity index (χ1n) is 10.6. The third-order valence-corrected chi connectivity index (χ3v) is 5.51. The third-order valence-electron chi connectivity index (χ3n) is 5.51. The van der Waals surface area contributed by atoms with Gasteiger partial charge < -0.3 is 19.7 Å². The minimum Gasteiger partial charge on any atom is -0.490 e. The standard InChI is InChI=1S/C22H35N3O2.HI/c1-3-23-22(25-14-13-19(16-25)17-26-2)24-15-18-9-11-21(12-10-18)27-20-7-5-4-6-8-20;/h9-12,19-20H,3-8,13-17H2,1-2H3,(H,23,24);1H. The number of likely N-dealkylation sites (tertiary alicyclic amines) is 1. The summed E-state index contributed by atoms with van der Waals surface area (Å²) in [6.07, 6.45) is 7.91. The lowest BCUT2D eigenvalue weighted by atomic mass is 9.98.